The summed E-state index contributed by atoms with van der Waals surface area (Å²) in [6.07, 6.45) is 3.72. The maximum atomic E-state index is 13.0. The molecule has 0 radical (unpaired) electrons. The van der Waals surface area contributed by atoms with E-state index in [1.807, 2.05) is 6.07 Å². The van der Waals surface area contributed by atoms with E-state index in [2.05, 4.69) is 5.32 Å². The number of carbonyl (C=O) groups excluding carboxylic acids is 2. The number of benzene rings is 2. The average molecular weight is 491 g/mol. The van der Waals surface area contributed by atoms with Crippen LogP contribution in [0.2, 0.25) is 5.02 Å². The van der Waals surface area contributed by atoms with Crippen LogP contribution in [0.5, 0.6) is 0 Å². The number of hydrogen-bond acceptors (Lipinski definition) is 5. The van der Waals surface area contributed by atoms with Crippen molar-refractivity contribution in [1.82, 2.24) is 9.62 Å². The second-order valence-electron chi connectivity index (χ2n) is 8.47. The van der Waals surface area contributed by atoms with Gasteiger partial charge >= 0.3 is 5.97 Å². The smallest absolute Gasteiger partial charge is 0.309 e. The van der Waals surface area contributed by atoms with Gasteiger partial charge in [-0.1, -0.05) is 29.8 Å². The van der Waals surface area contributed by atoms with Crippen molar-refractivity contribution >= 4 is 33.5 Å². The fraction of sp³-hybridized carbons (Fsp3) is 0.417. The molecule has 0 saturated carbocycles. The van der Waals surface area contributed by atoms with Gasteiger partial charge in [0.15, 0.2) is 6.61 Å². The monoisotopic (exact) mass is 490 g/mol. The Kier molecular flexibility index (Phi) is 7.36. The third-order valence-electron chi connectivity index (χ3n) is 6.24. The first-order chi connectivity index (χ1) is 15.8. The second-order valence-corrected chi connectivity index (χ2v) is 10.8. The molecule has 1 saturated heterocycles. The van der Waals surface area contributed by atoms with Crippen LogP contribution in [0.15, 0.2) is 47.4 Å². The standard InChI is InChI=1S/C24H27ClN2O5S/c25-21-7-4-17(5-8-21)15-26-23(28)16-32-24(29)19-10-12-27(13-11-19)33(30,31)22-9-6-18-2-1-3-20(18)14-22/h4-9,14,19H,1-3,10-13,15-16H2,(H,26,28). The molecule has 4 rings (SSSR count). The number of carbonyl (C=O) groups is 2. The highest BCUT2D eigenvalue weighted by Crippen LogP contribution is 2.28. The van der Waals surface area contributed by atoms with Crippen molar-refractivity contribution in [3.8, 4) is 0 Å². The fourth-order valence-corrected chi connectivity index (χ4v) is 5.94. The summed E-state index contributed by atoms with van der Waals surface area (Å²) in [5.74, 6) is -1.28. The molecule has 176 valence electrons. The molecule has 0 spiro atoms. The Morgan fingerprint density at radius 1 is 1.03 bits per heavy atom. The van der Waals surface area contributed by atoms with Gasteiger partial charge in [-0.2, -0.15) is 4.31 Å². The van der Waals surface area contributed by atoms with Crippen molar-refractivity contribution in [1.29, 1.82) is 0 Å². The van der Waals surface area contributed by atoms with Crippen LogP contribution in [-0.2, 0) is 43.7 Å². The molecule has 1 aliphatic heterocycles. The summed E-state index contributed by atoms with van der Waals surface area (Å²) in [7, 11) is -3.59. The van der Waals surface area contributed by atoms with Gasteiger partial charge in [-0.05, 0) is 73.1 Å². The molecule has 2 aliphatic rings. The van der Waals surface area contributed by atoms with Crippen LogP contribution < -0.4 is 5.32 Å². The minimum absolute atomic E-state index is 0.252. The van der Waals surface area contributed by atoms with Crippen LogP contribution in [0.1, 0.15) is 36.0 Å². The van der Waals surface area contributed by atoms with E-state index in [0.717, 1.165) is 30.4 Å². The zero-order valence-corrected chi connectivity index (χ0v) is 19.8. The zero-order chi connectivity index (χ0) is 23.4. The molecule has 7 nitrogen and oxygen atoms in total. The zero-order valence-electron chi connectivity index (χ0n) is 18.3. The SMILES string of the molecule is O=C(COC(=O)C1CCN(S(=O)(=O)c2ccc3c(c2)CCC3)CC1)NCc1ccc(Cl)cc1. The fourth-order valence-electron chi connectivity index (χ4n) is 4.30. The summed E-state index contributed by atoms with van der Waals surface area (Å²) in [4.78, 5) is 24.7. The highest BCUT2D eigenvalue weighted by molar-refractivity contribution is 7.89. The molecule has 0 bridgehead atoms. The van der Waals surface area contributed by atoms with Gasteiger partial charge in [0.1, 0.15) is 0 Å². The van der Waals surface area contributed by atoms with Gasteiger partial charge in [0.05, 0.1) is 10.8 Å². The predicted octanol–water partition coefficient (Wildman–Crippen LogP) is 3.09. The summed E-state index contributed by atoms with van der Waals surface area (Å²) in [5, 5.41) is 3.31. The summed E-state index contributed by atoms with van der Waals surface area (Å²) in [6.45, 7) is 0.455. The van der Waals surface area contributed by atoms with Crippen LogP contribution in [0.25, 0.3) is 0 Å². The van der Waals surface area contributed by atoms with Gasteiger partial charge in [0.2, 0.25) is 10.0 Å². The van der Waals surface area contributed by atoms with Crippen LogP contribution in [-0.4, -0.2) is 44.3 Å². The number of amides is 1. The van der Waals surface area contributed by atoms with Crippen LogP contribution in [0, 0.1) is 5.92 Å². The first-order valence-electron chi connectivity index (χ1n) is 11.1. The summed E-state index contributed by atoms with van der Waals surface area (Å²) < 4.78 is 32.7. The van der Waals surface area contributed by atoms with E-state index < -0.39 is 27.8 Å². The Bertz CT molecular complexity index is 1130. The molecular weight excluding hydrogens is 464 g/mol. The van der Waals surface area contributed by atoms with Crippen molar-refractivity contribution < 1.29 is 22.7 Å². The van der Waals surface area contributed by atoms with Crippen molar-refractivity contribution in [2.75, 3.05) is 19.7 Å². The Hall–Kier alpha value is -2.42. The van der Waals surface area contributed by atoms with E-state index in [9.17, 15) is 18.0 Å². The van der Waals surface area contributed by atoms with E-state index in [1.54, 1.807) is 36.4 Å². The molecule has 1 heterocycles. The topological polar surface area (TPSA) is 92.8 Å². The Morgan fingerprint density at radius 3 is 2.45 bits per heavy atom. The van der Waals surface area contributed by atoms with E-state index >= 15 is 0 Å². The lowest BCUT2D eigenvalue weighted by molar-refractivity contribution is -0.153. The number of esters is 1. The lowest BCUT2D eigenvalue weighted by atomic mass is 9.98. The molecule has 33 heavy (non-hydrogen) atoms. The Labute approximate surface area is 199 Å². The number of ether oxygens (including phenoxy) is 1. The van der Waals surface area contributed by atoms with Crippen molar-refractivity contribution in [2.24, 2.45) is 5.92 Å². The van der Waals surface area contributed by atoms with E-state index in [0.29, 0.717) is 29.3 Å². The Balaban J connectivity index is 1.23. The lowest BCUT2D eigenvalue weighted by Gasteiger charge is -2.30. The van der Waals surface area contributed by atoms with Crippen LogP contribution in [0.3, 0.4) is 0 Å². The first kappa shape index (κ1) is 23.7. The molecule has 1 aliphatic carbocycles. The normalized spacial score (nSPS) is 16.9. The number of piperidine rings is 1. The van der Waals surface area contributed by atoms with Gasteiger partial charge in [-0.25, -0.2) is 8.42 Å². The molecular formula is C24H27ClN2O5S. The number of nitrogens with one attached hydrogen (secondary N) is 1. The first-order valence-corrected chi connectivity index (χ1v) is 12.9. The van der Waals surface area contributed by atoms with Crippen molar-refractivity contribution in [3.05, 3.63) is 64.2 Å². The van der Waals surface area contributed by atoms with E-state index in [-0.39, 0.29) is 19.7 Å². The van der Waals surface area contributed by atoms with Gasteiger partial charge < -0.3 is 10.1 Å². The molecule has 1 N–H and O–H groups in total. The van der Waals surface area contributed by atoms with Crippen LogP contribution >= 0.6 is 11.6 Å². The molecule has 0 atom stereocenters. The highest BCUT2D eigenvalue weighted by Gasteiger charge is 2.33. The second kappa shape index (κ2) is 10.2. The maximum absolute atomic E-state index is 13.0. The third kappa shape index (κ3) is 5.75. The number of aryl methyl sites for hydroxylation is 2. The third-order valence-corrected chi connectivity index (χ3v) is 8.39. The van der Waals surface area contributed by atoms with Gasteiger partial charge in [-0.3, -0.25) is 9.59 Å². The predicted molar refractivity (Wildman–Crippen MR) is 124 cm³/mol. The van der Waals surface area contributed by atoms with Crippen LogP contribution in [0.4, 0.5) is 0 Å². The molecule has 2 aromatic rings. The number of hydrogen-bond donors (Lipinski definition) is 1. The quantitative estimate of drug-likeness (QED) is 0.602. The largest absolute Gasteiger partial charge is 0.455 e. The summed E-state index contributed by atoms with van der Waals surface area (Å²) in [6, 6.07) is 12.5. The molecule has 1 fully saturated rings. The highest BCUT2D eigenvalue weighted by atomic mass is 35.5. The molecule has 9 heteroatoms. The number of halogens is 1. The van der Waals surface area contributed by atoms with Gasteiger partial charge in [-0.15, -0.1) is 0 Å². The Morgan fingerprint density at radius 2 is 1.73 bits per heavy atom. The lowest BCUT2D eigenvalue weighted by Crippen LogP contribution is -2.41. The minimum Gasteiger partial charge on any atom is -0.455 e. The maximum Gasteiger partial charge on any atom is 0.309 e. The average Bonchev–Trinajstić information content (AvgIpc) is 3.30. The van der Waals surface area contributed by atoms with E-state index in [4.69, 9.17) is 16.3 Å². The van der Waals surface area contributed by atoms with E-state index in [1.165, 1.54) is 9.87 Å². The van der Waals surface area contributed by atoms with Gasteiger partial charge in [0.25, 0.3) is 5.91 Å². The molecule has 2 aromatic carbocycles. The number of sulfonamides is 1. The minimum atomic E-state index is -3.59. The number of fused-ring (bicyclic) bond motifs is 1. The molecule has 0 aromatic heterocycles. The van der Waals surface area contributed by atoms with Crippen molar-refractivity contribution in [2.45, 2.75) is 43.5 Å². The van der Waals surface area contributed by atoms with Crippen molar-refractivity contribution in [3.63, 3.8) is 0 Å². The summed E-state index contributed by atoms with van der Waals surface area (Å²) in [5.41, 5.74) is 3.23. The molecule has 1 amide bonds. The molecule has 0 unspecified atom stereocenters. The number of rotatable bonds is 7. The number of nitrogens with zero attached hydrogens (tertiary/aromatic N) is 1. The summed E-state index contributed by atoms with van der Waals surface area (Å²) >= 11 is 5.84. The van der Waals surface area contributed by atoms with Gasteiger partial charge in [0, 0.05) is 24.7 Å².